The van der Waals surface area contributed by atoms with Crippen molar-refractivity contribution in [2.75, 3.05) is 12.4 Å². The number of aromatic nitrogens is 3. The van der Waals surface area contributed by atoms with Gasteiger partial charge in [0.15, 0.2) is 0 Å². The second-order valence-corrected chi connectivity index (χ2v) is 8.91. The van der Waals surface area contributed by atoms with E-state index in [1.807, 2.05) is 6.92 Å². The van der Waals surface area contributed by atoms with Crippen LogP contribution in [0.25, 0.3) is 5.13 Å². The van der Waals surface area contributed by atoms with E-state index < -0.39 is 0 Å². The average molecular weight is 449 g/mol. The summed E-state index contributed by atoms with van der Waals surface area (Å²) < 4.78 is 6.69. The average Bonchev–Trinajstić information content (AvgIpc) is 3.20. The second-order valence-electron chi connectivity index (χ2n) is 7.50. The number of carbonyl (C=O) groups is 1. The molecule has 0 bridgehead atoms. The lowest BCUT2D eigenvalue weighted by atomic mass is 10.0. The van der Waals surface area contributed by atoms with Crippen LogP contribution >= 0.6 is 22.9 Å². The minimum absolute atomic E-state index is 0.120. The summed E-state index contributed by atoms with van der Waals surface area (Å²) >= 11 is 7.19. The number of nitrogens with one attached hydrogen (secondary N) is 2. The molecule has 0 fully saturated rings. The minimum atomic E-state index is -0.340. The number of carbonyl (C=O) groups excluding carboxylic acids is 1. The van der Waals surface area contributed by atoms with Gasteiger partial charge >= 0.3 is 0 Å². The van der Waals surface area contributed by atoms with Crippen molar-refractivity contribution in [3.05, 3.63) is 55.4 Å². The minimum Gasteiger partial charge on any atom is -0.495 e. The molecular weight excluding hydrogens is 424 g/mol. The molecule has 0 aliphatic heterocycles. The van der Waals surface area contributed by atoms with Crippen molar-refractivity contribution in [1.82, 2.24) is 14.8 Å². The third-order valence-corrected chi connectivity index (χ3v) is 6.13. The molecule has 2 N–H and O–H groups in total. The number of nitrogens with zero attached hydrogens (tertiary/aromatic N) is 2. The zero-order valence-electron chi connectivity index (χ0n) is 17.6. The van der Waals surface area contributed by atoms with Crippen molar-refractivity contribution in [3.8, 4) is 10.9 Å². The summed E-state index contributed by atoms with van der Waals surface area (Å²) in [5, 5.41) is 6.82. The number of rotatable bonds is 7. The quantitative estimate of drug-likeness (QED) is 0.546. The molecule has 160 valence electrons. The SMILES string of the molecule is COc1ccc(Cl)cc1NC(=O)c1sc(-n2[nH]c(C)c(CCC(C)C)c2=O)nc1C. The number of halogens is 1. The van der Waals surface area contributed by atoms with E-state index in [2.05, 4.69) is 29.2 Å². The van der Waals surface area contributed by atoms with Gasteiger partial charge in [-0.1, -0.05) is 36.8 Å². The Labute approximate surface area is 184 Å². The Morgan fingerprint density at radius 3 is 2.77 bits per heavy atom. The number of hydrogen-bond acceptors (Lipinski definition) is 5. The van der Waals surface area contributed by atoms with Gasteiger partial charge in [-0.2, -0.15) is 4.68 Å². The summed E-state index contributed by atoms with van der Waals surface area (Å²) in [6, 6.07) is 4.99. The van der Waals surface area contributed by atoms with Gasteiger partial charge < -0.3 is 10.1 Å². The monoisotopic (exact) mass is 448 g/mol. The van der Waals surface area contributed by atoms with Crippen molar-refractivity contribution < 1.29 is 9.53 Å². The molecule has 0 radical (unpaired) electrons. The van der Waals surface area contributed by atoms with Crippen molar-refractivity contribution in [1.29, 1.82) is 0 Å². The third-order valence-electron chi connectivity index (χ3n) is 4.76. The molecule has 7 nitrogen and oxygen atoms in total. The van der Waals surface area contributed by atoms with Gasteiger partial charge in [-0.3, -0.25) is 14.7 Å². The zero-order valence-corrected chi connectivity index (χ0v) is 19.2. The highest BCUT2D eigenvalue weighted by molar-refractivity contribution is 7.16. The van der Waals surface area contributed by atoms with Crippen LogP contribution < -0.4 is 15.6 Å². The lowest BCUT2D eigenvalue weighted by Crippen LogP contribution is -2.17. The molecule has 0 saturated carbocycles. The summed E-state index contributed by atoms with van der Waals surface area (Å²) in [6.45, 7) is 7.88. The van der Waals surface area contributed by atoms with E-state index in [1.165, 1.54) is 11.8 Å². The Morgan fingerprint density at radius 2 is 2.10 bits per heavy atom. The smallest absolute Gasteiger partial charge is 0.276 e. The maximum atomic E-state index is 12.9. The first kappa shape index (κ1) is 22.1. The predicted octanol–water partition coefficient (Wildman–Crippen LogP) is 4.74. The fourth-order valence-electron chi connectivity index (χ4n) is 3.09. The van der Waals surface area contributed by atoms with Crippen LogP contribution in [0.15, 0.2) is 23.0 Å². The van der Waals surface area contributed by atoms with E-state index in [4.69, 9.17) is 16.3 Å². The summed E-state index contributed by atoms with van der Waals surface area (Å²) in [7, 11) is 1.52. The lowest BCUT2D eigenvalue weighted by Gasteiger charge is -2.09. The topological polar surface area (TPSA) is 89.0 Å². The molecule has 1 aromatic carbocycles. The van der Waals surface area contributed by atoms with Crippen LogP contribution in [-0.2, 0) is 6.42 Å². The third kappa shape index (κ3) is 4.60. The number of anilines is 1. The van der Waals surface area contributed by atoms with Crippen LogP contribution in [0.4, 0.5) is 5.69 Å². The van der Waals surface area contributed by atoms with E-state index in [0.717, 1.165) is 29.0 Å². The molecule has 0 aliphatic carbocycles. The largest absolute Gasteiger partial charge is 0.495 e. The zero-order chi connectivity index (χ0) is 22.0. The number of H-pyrrole nitrogens is 1. The predicted molar refractivity (Wildman–Crippen MR) is 121 cm³/mol. The fraction of sp³-hybridized carbons (Fsp3) is 0.381. The number of methoxy groups -OCH3 is 1. The molecule has 2 heterocycles. The lowest BCUT2D eigenvalue weighted by molar-refractivity contribution is 0.102. The summed E-state index contributed by atoms with van der Waals surface area (Å²) in [5.41, 5.74) is 2.46. The molecule has 0 spiro atoms. The van der Waals surface area contributed by atoms with Gasteiger partial charge in [0.25, 0.3) is 11.5 Å². The number of amides is 1. The van der Waals surface area contributed by atoms with E-state index in [-0.39, 0.29) is 11.5 Å². The van der Waals surface area contributed by atoms with Crippen molar-refractivity contribution in [3.63, 3.8) is 0 Å². The Morgan fingerprint density at radius 1 is 1.37 bits per heavy atom. The normalized spacial score (nSPS) is 11.2. The molecule has 2 aromatic heterocycles. The van der Waals surface area contributed by atoms with Crippen LogP contribution in [0.3, 0.4) is 0 Å². The number of benzene rings is 1. The molecule has 0 atom stereocenters. The maximum Gasteiger partial charge on any atom is 0.276 e. The summed E-state index contributed by atoms with van der Waals surface area (Å²) in [5.74, 6) is 0.669. The maximum absolute atomic E-state index is 12.9. The molecule has 3 rings (SSSR count). The molecule has 3 aromatic rings. The van der Waals surface area contributed by atoms with Crippen molar-refractivity contribution in [2.45, 2.75) is 40.5 Å². The molecule has 0 saturated heterocycles. The van der Waals surface area contributed by atoms with Gasteiger partial charge in [-0.05, 0) is 50.8 Å². The highest BCUT2D eigenvalue weighted by Crippen LogP contribution is 2.29. The Hall–Kier alpha value is -2.58. The molecule has 0 unspecified atom stereocenters. The van der Waals surface area contributed by atoms with Crippen LogP contribution in [-0.4, -0.2) is 27.8 Å². The summed E-state index contributed by atoms with van der Waals surface area (Å²) in [6.07, 6.45) is 1.64. The first-order valence-electron chi connectivity index (χ1n) is 9.64. The highest BCUT2D eigenvalue weighted by Gasteiger charge is 2.21. The van der Waals surface area contributed by atoms with E-state index in [0.29, 0.717) is 44.5 Å². The Balaban J connectivity index is 1.89. The molecule has 30 heavy (non-hydrogen) atoms. The van der Waals surface area contributed by atoms with Crippen molar-refractivity contribution in [2.24, 2.45) is 5.92 Å². The summed E-state index contributed by atoms with van der Waals surface area (Å²) in [4.78, 5) is 30.6. The molecule has 0 aliphatic rings. The van der Waals surface area contributed by atoms with Crippen molar-refractivity contribution >= 4 is 34.5 Å². The van der Waals surface area contributed by atoms with Crippen LogP contribution in [0.5, 0.6) is 5.75 Å². The molecular formula is C21H25ClN4O3S. The molecule has 1 amide bonds. The first-order chi connectivity index (χ1) is 14.2. The van der Waals surface area contributed by atoms with E-state index in [1.54, 1.807) is 25.1 Å². The van der Waals surface area contributed by atoms with Gasteiger partial charge in [-0.25, -0.2) is 4.98 Å². The number of ether oxygens (including phenoxy) is 1. The van der Waals surface area contributed by atoms with Crippen LogP contribution in [0.2, 0.25) is 5.02 Å². The Bertz CT molecular complexity index is 1130. The van der Waals surface area contributed by atoms with Crippen LogP contribution in [0, 0.1) is 19.8 Å². The van der Waals surface area contributed by atoms with Gasteiger partial charge in [0, 0.05) is 16.3 Å². The number of aryl methyl sites for hydroxylation is 2. The fourth-order valence-corrected chi connectivity index (χ4v) is 4.18. The van der Waals surface area contributed by atoms with Gasteiger partial charge in [0.05, 0.1) is 18.5 Å². The second kappa shape index (κ2) is 9.06. The van der Waals surface area contributed by atoms with E-state index >= 15 is 0 Å². The Kier molecular flexibility index (Phi) is 6.67. The standard InChI is InChI=1S/C21H25ClN4O3S/c1-11(2)6-8-15-12(3)25-26(20(15)28)21-23-13(4)18(30-21)19(27)24-16-10-14(22)7-9-17(16)29-5/h7,9-11,25H,6,8H2,1-5H3,(H,24,27). The molecule has 9 heteroatoms. The first-order valence-corrected chi connectivity index (χ1v) is 10.8. The van der Waals surface area contributed by atoms with Gasteiger partial charge in [0.2, 0.25) is 5.13 Å². The van der Waals surface area contributed by atoms with Crippen LogP contribution in [0.1, 0.15) is 46.9 Å². The number of hydrogen-bond donors (Lipinski definition) is 2. The van der Waals surface area contributed by atoms with Gasteiger partial charge in [-0.15, -0.1) is 0 Å². The number of thiazole rings is 1. The number of aromatic amines is 1. The van der Waals surface area contributed by atoms with E-state index in [9.17, 15) is 9.59 Å². The highest BCUT2D eigenvalue weighted by atomic mass is 35.5. The van der Waals surface area contributed by atoms with Gasteiger partial charge in [0.1, 0.15) is 10.6 Å².